The van der Waals surface area contributed by atoms with Crippen molar-refractivity contribution in [1.82, 2.24) is 0 Å². The lowest BCUT2D eigenvalue weighted by molar-refractivity contribution is 0.170. The molecule has 0 radical (unpaired) electrons. The van der Waals surface area contributed by atoms with Gasteiger partial charge in [0.2, 0.25) is 5.90 Å². The lowest BCUT2D eigenvalue weighted by Crippen LogP contribution is -2.19. The fraction of sp³-hybridized carbons (Fsp3) is 0.188. The fourth-order valence-electron chi connectivity index (χ4n) is 2.25. The molecule has 0 aliphatic carbocycles. The number of benzene rings is 2. The quantitative estimate of drug-likeness (QED) is 0.773. The maximum Gasteiger partial charge on any atom is 0.216 e. The predicted octanol–water partition coefficient (Wildman–Crippen LogP) is 4.90. The summed E-state index contributed by atoms with van der Waals surface area (Å²) in [6.07, 6.45) is 0.906. The van der Waals surface area contributed by atoms with Crippen molar-refractivity contribution in [2.24, 2.45) is 4.99 Å². The van der Waals surface area contributed by atoms with Crippen molar-refractivity contribution >= 4 is 29.1 Å². The Bertz CT molecular complexity index is 620. The molecule has 0 fully saturated rings. The molecule has 20 heavy (non-hydrogen) atoms. The van der Waals surface area contributed by atoms with E-state index in [0.29, 0.717) is 15.9 Å². The summed E-state index contributed by atoms with van der Waals surface area (Å²) in [6.45, 7) is 0.735. The average molecular weight is 306 g/mol. The molecule has 0 aromatic heterocycles. The maximum absolute atomic E-state index is 6.03. The van der Waals surface area contributed by atoms with Crippen molar-refractivity contribution < 1.29 is 4.74 Å². The van der Waals surface area contributed by atoms with Crippen LogP contribution in [0.1, 0.15) is 23.7 Å². The smallest absolute Gasteiger partial charge is 0.216 e. The normalized spacial score (nSPS) is 18.3. The van der Waals surface area contributed by atoms with E-state index in [1.54, 1.807) is 6.07 Å². The predicted molar refractivity (Wildman–Crippen MR) is 82.8 cm³/mol. The molecule has 0 unspecified atom stereocenters. The van der Waals surface area contributed by atoms with Gasteiger partial charge in [0.1, 0.15) is 6.10 Å². The number of hydrogen-bond donors (Lipinski definition) is 0. The summed E-state index contributed by atoms with van der Waals surface area (Å²) in [5.74, 6) is 0.606. The van der Waals surface area contributed by atoms with Crippen LogP contribution < -0.4 is 0 Å². The topological polar surface area (TPSA) is 21.6 Å². The Balaban J connectivity index is 1.86. The molecule has 1 aliphatic rings. The molecule has 3 rings (SSSR count). The summed E-state index contributed by atoms with van der Waals surface area (Å²) >= 11 is 12.1. The van der Waals surface area contributed by atoms with E-state index in [9.17, 15) is 0 Å². The third kappa shape index (κ3) is 2.97. The highest BCUT2D eigenvalue weighted by Crippen LogP contribution is 2.28. The number of hydrogen-bond acceptors (Lipinski definition) is 2. The number of aliphatic imine (C=N–C) groups is 1. The Morgan fingerprint density at radius 3 is 2.40 bits per heavy atom. The van der Waals surface area contributed by atoms with Gasteiger partial charge in [-0.2, -0.15) is 0 Å². The van der Waals surface area contributed by atoms with E-state index in [2.05, 4.69) is 17.1 Å². The molecule has 2 nitrogen and oxygen atoms in total. The maximum atomic E-state index is 6.03. The van der Waals surface area contributed by atoms with Gasteiger partial charge in [-0.1, -0.05) is 53.5 Å². The molecule has 1 atom stereocenters. The van der Waals surface area contributed by atoms with Crippen LogP contribution in [0.5, 0.6) is 0 Å². The van der Waals surface area contributed by atoms with Crippen LogP contribution in [0.25, 0.3) is 0 Å². The molecule has 1 aliphatic heterocycles. The zero-order valence-electron chi connectivity index (χ0n) is 10.7. The Hall–Kier alpha value is -1.51. The molecule has 4 heteroatoms. The van der Waals surface area contributed by atoms with Gasteiger partial charge in [0, 0.05) is 28.6 Å². The largest absolute Gasteiger partial charge is 0.469 e. The van der Waals surface area contributed by atoms with E-state index in [0.717, 1.165) is 24.1 Å². The molecule has 102 valence electrons. The first-order chi connectivity index (χ1) is 9.72. The molecule has 1 heterocycles. The molecular weight excluding hydrogens is 293 g/mol. The van der Waals surface area contributed by atoms with Crippen molar-refractivity contribution in [2.45, 2.75) is 12.5 Å². The van der Waals surface area contributed by atoms with E-state index in [1.807, 2.05) is 30.3 Å². The highest BCUT2D eigenvalue weighted by molar-refractivity contribution is 6.35. The van der Waals surface area contributed by atoms with Crippen LogP contribution >= 0.6 is 23.2 Å². The van der Waals surface area contributed by atoms with E-state index in [1.165, 1.54) is 0 Å². The highest BCUT2D eigenvalue weighted by Gasteiger charge is 2.20. The lowest BCUT2D eigenvalue weighted by Gasteiger charge is -2.24. The van der Waals surface area contributed by atoms with Gasteiger partial charge < -0.3 is 4.74 Å². The van der Waals surface area contributed by atoms with Gasteiger partial charge in [0.25, 0.3) is 0 Å². The van der Waals surface area contributed by atoms with Crippen molar-refractivity contribution in [3.05, 3.63) is 69.7 Å². The molecular formula is C16H13Cl2NO. The number of rotatable bonds is 2. The second-order valence-electron chi connectivity index (χ2n) is 4.65. The Labute approximate surface area is 128 Å². The lowest BCUT2D eigenvalue weighted by atomic mass is 10.1. The van der Waals surface area contributed by atoms with Gasteiger partial charge in [-0.05, 0) is 23.8 Å². The minimum absolute atomic E-state index is 0.0291. The van der Waals surface area contributed by atoms with Crippen molar-refractivity contribution in [3.8, 4) is 0 Å². The van der Waals surface area contributed by atoms with Gasteiger partial charge in [-0.15, -0.1) is 0 Å². The van der Waals surface area contributed by atoms with Gasteiger partial charge in [0.15, 0.2) is 0 Å². The minimum Gasteiger partial charge on any atom is -0.469 e. The van der Waals surface area contributed by atoms with E-state index >= 15 is 0 Å². The zero-order chi connectivity index (χ0) is 13.9. The molecule has 0 bridgehead atoms. The third-order valence-corrected chi connectivity index (χ3v) is 3.62. The van der Waals surface area contributed by atoms with Gasteiger partial charge in [-0.3, -0.25) is 4.99 Å². The average Bonchev–Trinajstić information content (AvgIpc) is 2.47. The van der Waals surface area contributed by atoms with Gasteiger partial charge in [0.05, 0.1) is 0 Å². The summed E-state index contributed by atoms with van der Waals surface area (Å²) in [5, 5.41) is 1.17. The molecule has 0 N–H and O–H groups in total. The monoisotopic (exact) mass is 305 g/mol. The standard InChI is InChI=1S/C16H13Cl2NO/c17-13-8-12(9-14(18)10-13)16-19-7-6-15(20-16)11-4-2-1-3-5-11/h1-5,8-10,15H,6-7H2/t15-/m0/s1. The molecule has 2 aromatic rings. The van der Waals surface area contributed by atoms with Crippen LogP contribution in [0.15, 0.2) is 53.5 Å². The second-order valence-corrected chi connectivity index (χ2v) is 5.52. The van der Waals surface area contributed by atoms with Crippen molar-refractivity contribution in [3.63, 3.8) is 0 Å². The van der Waals surface area contributed by atoms with Crippen LogP contribution in [0.4, 0.5) is 0 Å². The van der Waals surface area contributed by atoms with Crippen molar-refractivity contribution in [2.75, 3.05) is 6.54 Å². The molecule has 0 spiro atoms. The number of nitrogens with zero attached hydrogens (tertiary/aromatic N) is 1. The van der Waals surface area contributed by atoms with Crippen LogP contribution in [0, 0.1) is 0 Å². The number of halogens is 2. The summed E-state index contributed by atoms with van der Waals surface area (Å²) in [5.41, 5.74) is 1.98. The van der Waals surface area contributed by atoms with E-state index < -0.39 is 0 Å². The van der Waals surface area contributed by atoms with Gasteiger partial charge in [-0.25, -0.2) is 0 Å². The summed E-state index contributed by atoms with van der Waals surface area (Å²) in [4.78, 5) is 4.43. The summed E-state index contributed by atoms with van der Waals surface area (Å²) in [6, 6.07) is 15.5. The van der Waals surface area contributed by atoms with Crippen LogP contribution in [0.2, 0.25) is 10.0 Å². The molecule has 0 amide bonds. The minimum atomic E-state index is 0.0291. The Morgan fingerprint density at radius 1 is 1.00 bits per heavy atom. The Morgan fingerprint density at radius 2 is 1.70 bits per heavy atom. The first kappa shape index (κ1) is 13.5. The summed E-state index contributed by atoms with van der Waals surface area (Å²) in [7, 11) is 0. The molecule has 2 aromatic carbocycles. The third-order valence-electron chi connectivity index (χ3n) is 3.18. The zero-order valence-corrected chi connectivity index (χ0v) is 12.2. The summed E-state index contributed by atoms with van der Waals surface area (Å²) < 4.78 is 6.00. The number of ether oxygens (including phenoxy) is 1. The first-order valence-electron chi connectivity index (χ1n) is 6.45. The fourth-order valence-corrected chi connectivity index (χ4v) is 2.78. The Kier molecular flexibility index (Phi) is 3.95. The van der Waals surface area contributed by atoms with Crippen LogP contribution in [0.3, 0.4) is 0 Å². The van der Waals surface area contributed by atoms with Crippen LogP contribution in [-0.2, 0) is 4.74 Å². The van der Waals surface area contributed by atoms with Gasteiger partial charge >= 0.3 is 0 Å². The SMILES string of the molecule is Clc1cc(Cl)cc(C2=NCC[C@@H](c3ccccc3)O2)c1. The van der Waals surface area contributed by atoms with Crippen molar-refractivity contribution in [1.29, 1.82) is 0 Å². The first-order valence-corrected chi connectivity index (χ1v) is 7.20. The second kappa shape index (κ2) is 5.86. The van der Waals surface area contributed by atoms with E-state index in [4.69, 9.17) is 27.9 Å². The molecule has 0 saturated carbocycles. The highest BCUT2D eigenvalue weighted by atomic mass is 35.5. The van der Waals surface area contributed by atoms with E-state index in [-0.39, 0.29) is 6.10 Å². The molecule has 0 saturated heterocycles. The van der Waals surface area contributed by atoms with Crippen LogP contribution in [-0.4, -0.2) is 12.4 Å².